The minimum Gasteiger partial charge on any atom is -0.469 e. The van der Waals surface area contributed by atoms with E-state index in [-0.39, 0.29) is 34.7 Å². The third-order valence-electron chi connectivity index (χ3n) is 13.8. The molecule has 5 saturated carbocycles. The van der Waals surface area contributed by atoms with Crippen molar-refractivity contribution in [2.24, 2.45) is 56.7 Å². The van der Waals surface area contributed by atoms with Crippen LogP contribution in [-0.2, 0) is 9.53 Å². The maximum absolute atomic E-state index is 13.1. The van der Waals surface area contributed by atoms with E-state index in [0.29, 0.717) is 35.5 Å². The molecule has 5 rings (SSSR count). The molecule has 0 radical (unpaired) electrons. The fraction of sp³-hybridized carbons (Fsp3) is 0.903. The van der Waals surface area contributed by atoms with E-state index in [2.05, 4.69) is 34.3 Å². The number of esters is 1. The van der Waals surface area contributed by atoms with Crippen LogP contribution in [0.25, 0.3) is 0 Å². The summed E-state index contributed by atoms with van der Waals surface area (Å²) in [5.41, 5.74) is 1.12. The molecular weight excluding hydrogens is 436 g/mol. The Bertz CT molecular complexity index is 898. The molecule has 4 nitrogen and oxygen atoms in total. The Morgan fingerprint density at radius 2 is 1.60 bits per heavy atom. The Morgan fingerprint density at radius 1 is 0.886 bits per heavy atom. The third-order valence-corrected chi connectivity index (χ3v) is 13.8. The van der Waals surface area contributed by atoms with E-state index in [0.717, 1.165) is 24.8 Å². The van der Waals surface area contributed by atoms with Crippen molar-refractivity contribution in [2.75, 3.05) is 13.7 Å². The van der Waals surface area contributed by atoms with Crippen molar-refractivity contribution in [2.45, 2.75) is 105 Å². The maximum Gasteiger partial charge on any atom is 0.314 e. The highest BCUT2D eigenvalue weighted by Gasteiger charge is 2.71. The summed E-state index contributed by atoms with van der Waals surface area (Å²) in [5, 5.41) is 21.1. The number of aliphatic hydroxyl groups excluding tert-OH is 2. The largest absolute Gasteiger partial charge is 0.469 e. The lowest BCUT2D eigenvalue weighted by Crippen LogP contribution is -2.67. The lowest BCUT2D eigenvalue weighted by molar-refractivity contribution is -0.250. The van der Waals surface area contributed by atoms with Crippen LogP contribution in [-0.4, -0.2) is 36.0 Å². The molecule has 0 aromatic heterocycles. The summed E-state index contributed by atoms with van der Waals surface area (Å²) in [4.78, 5) is 13.1. The molecule has 198 valence electrons. The van der Waals surface area contributed by atoms with E-state index in [1.54, 1.807) is 0 Å². The highest BCUT2D eigenvalue weighted by atomic mass is 16.5. The zero-order valence-electron chi connectivity index (χ0n) is 23.2. The van der Waals surface area contributed by atoms with Crippen molar-refractivity contribution in [1.82, 2.24) is 0 Å². The summed E-state index contributed by atoms with van der Waals surface area (Å²) in [7, 11) is 1.47. The molecule has 0 amide bonds. The number of carbonyl (C=O) groups is 1. The second-order valence-electron chi connectivity index (χ2n) is 14.6. The summed E-state index contributed by atoms with van der Waals surface area (Å²) in [5.74, 6) is 2.23. The summed E-state index contributed by atoms with van der Waals surface area (Å²) < 4.78 is 5.30. The molecule has 0 spiro atoms. The quantitative estimate of drug-likeness (QED) is 0.371. The van der Waals surface area contributed by atoms with Gasteiger partial charge in [0, 0.05) is 0 Å². The highest BCUT2D eigenvalue weighted by molar-refractivity contribution is 5.78. The lowest BCUT2D eigenvalue weighted by Gasteiger charge is -2.72. The van der Waals surface area contributed by atoms with Crippen molar-refractivity contribution in [3.63, 3.8) is 0 Å². The van der Waals surface area contributed by atoms with E-state index in [1.165, 1.54) is 45.6 Å². The van der Waals surface area contributed by atoms with Crippen LogP contribution in [0.5, 0.6) is 0 Å². The standard InChI is InChI=1S/C31H50O4/c1-19(18-32)20-10-13-27(2)16-17-29(4)21(25(20)27)8-9-22-28(3)14-12-24(33)31(6,26(34)35-7)23(28)11-15-30(22,29)5/h20-25,32-33H,1,8-18H2,2-7H3/t20?,21?,22?,23?,24-,25?,27+,28+,29+,30+,31+/m0/s1. The lowest BCUT2D eigenvalue weighted by atomic mass is 9.32. The molecule has 0 heterocycles. The van der Waals surface area contributed by atoms with Crippen LogP contribution in [0.4, 0.5) is 0 Å². The molecule has 0 aromatic carbocycles. The molecule has 2 N–H and O–H groups in total. The summed E-state index contributed by atoms with van der Waals surface area (Å²) in [6.07, 6.45) is 10.6. The van der Waals surface area contributed by atoms with Crippen LogP contribution >= 0.6 is 0 Å². The van der Waals surface area contributed by atoms with Gasteiger partial charge in [-0.2, -0.15) is 0 Å². The molecule has 5 fully saturated rings. The van der Waals surface area contributed by atoms with Crippen molar-refractivity contribution >= 4 is 5.97 Å². The second-order valence-corrected chi connectivity index (χ2v) is 14.6. The van der Waals surface area contributed by atoms with Crippen LogP contribution in [0.1, 0.15) is 98.8 Å². The van der Waals surface area contributed by atoms with Gasteiger partial charge in [0.1, 0.15) is 0 Å². The highest BCUT2D eigenvalue weighted by Crippen LogP contribution is 2.77. The van der Waals surface area contributed by atoms with Crippen molar-refractivity contribution < 1.29 is 19.7 Å². The van der Waals surface area contributed by atoms with E-state index >= 15 is 0 Å². The molecule has 11 atom stereocenters. The number of fused-ring (bicyclic) bond motifs is 7. The molecule has 4 heteroatoms. The Labute approximate surface area is 213 Å². The minimum absolute atomic E-state index is 0.0354. The Morgan fingerprint density at radius 3 is 2.26 bits per heavy atom. The van der Waals surface area contributed by atoms with Crippen LogP contribution in [0, 0.1) is 56.7 Å². The van der Waals surface area contributed by atoms with Gasteiger partial charge >= 0.3 is 5.97 Å². The molecular formula is C31H50O4. The fourth-order valence-corrected chi connectivity index (χ4v) is 11.7. The molecule has 5 aliphatic carbocycles. The van der Waals surface area contributed by atoms with Gasteiger partial charge in [0.05, 0.1) is 25.2 Å². The van der Waals surface area contributed by atoms with Gasteiger partial charge in [-0.05, 0) is 128 Å². The van der Waals surface area contributed by atoms with E-state index in [1.807, 2.05) is 6.92 Å². The molecule has 0 aliphatic heterocycles. The predicted octanol–water partition coefficient (Wildman–Crippen LogP) is 6.15. The number of hydrogen-bond acceptors (Lipinski definition) is 4. The Balaban J connectivity index is 1.54. The van der Waals surface area contributed by atoms with Gasteiger partial charge in [-0.15, -0.1) is 0 Å². The first-order valence-electron chi connectivity index (χ1n) is 14.4. The Kier molecular flexibility index (Phi) is 5.94. The zero-order chi connectivity index (χ0) is 25.6. The summed E-state index contributed by atoms with van der Waals surface area (Å²) >= 11 is 0. The number of rotatable bonds is 3. The molecule has 0 bridgehead atoms. The third kappa shape index (κ3) is 3.08. The number of methoxy groups -OCH3 is 1. The number of hydrogen-bond donors (Lipinski definition) is 2. The first-order valence-corrected chi connectivity index (χ1v) is 14.4. The fourth-order valence-electron chi connectivity index (χ4n) is 11.7. The van der Waals surface area contributed by atoms with E-state index in [4.69, 9.17) is 4.74 Å². The SMILES string of the molecule is C=C(CO)C1CC[C@]2(C)CC[C@]3(C)C(CCC4[C@@]5(C)CC[C@H](O)[C@](C)(C(=O)OC)C5CC[C@]43C)C12. The summed E-state index contributed by atoms with van der Waals surface area (Å²) in [6.45, 7) is 16.6. The van der Waals surface area contributed by atoms with Gasteiger partial charge < -0.3 is 14.9 Å². The normalized spacial score (nSPS) is 55.2. The molecule has 0 saturated heterocycles. The molecule has 35 heavy (non-hydrogen) atoms. The van der Waals surface area contributed by atoms with E-state index in [9.17, 15) is 15.0 Å². The predicted molar refractivity (Wildman–Crippen MR) is 138 cm³/mol. The number of carbonyl (C=O) groups excluding carboxylic acids is 1. The monoisotopic (exact) mass is 486 g/mol. The van der Waals surface area contributed by atoms with Crippen molar-refractivity contribution in [1.29, 1.82) is 0 Å². The first-order chi connectivity index (χ1) is 16.3. The topological polar surface area (TPSA) is 66.8 Å². The number of ether oxygens (including phenoxy) is 1. The van der Waals surface area contributed by atoms with Crippen LogP contribution in [0.15, 0.2) is 12.2 Å². The summed E-state index contributed by atoms with van der Waals surface area (Å²) in [6, 6.07) is 0. The van der Waals surface area contributed by atoms with Gasteiger partial charge in [-0.3, -0.25) is 4.79 Å². The first kappa shape index (κ1) is 25.8. The van der Waals surface area contributed by atoms with Gasteiger partial charge in [0.15, 0.2) is 0 Å². The molecule has 5 aliphatic rings. The maximum atomic E-state index is 13.1. The average Bonchev–Trinajstić information content (AvgIpc) is 3.18. The van der Waals surface area contributed by atoms with Crippen LogP contribution < -0.4 is 0 Å². The molecule has 0 aromatic rings. The van der Waals surface area contributed by atoms with Crippen molar-refractivity contribution in [3.8, 4) is 0 Å². The van der Waals surface area contributed by atoms with Gasteiger partial charge in [0.2, 0.25) is 0 Å². The zero-order valence-corrected chi connectivity index (χ0v) is 23.2. The minimum atomic E-state index is -0.818. The van der Waals surface area contributed by atoms with Crippen LogP contribution in [0.2, 0.25) is 0 Å². The van der Waals surface area contributed by atoms with Gasteiger partial charge in [-0.1, -0.05) is 34.3 Å². The van der Waals surface area contributed by atoms with Gasteiger partial charge in [-0.25, -0.2) is 0 Å². The van der Waals surface area contributed by atoms with Crippen molar-refractivity contribution in [3.05, 3.63) is 12.2 Å². The van der Waals surface area contributed by atoms with E-state index < -0.39 is 11.5 Å². The second kappa shape index (κ2) is 8.06. The van der Waals surface area contributed by atoms with Crippen LogP contribution in [0.3, 0.4) is 0 Å². The number of aliphatic hydroxyl groups is 2. The average molecular weight is 487 g/mol. The Hall–Kier alpha value is -0.870. The molecule has 5 unspecified atom stereocenters. The smallest absolute Gasteiger partial charge is 0.314 e. The van der Waals surface area contributed by atoms with Gasteiger partial charge in [0.25, 0.3) is 0 Å².